The van der Waals surface area contributed by atoms with Gasteiger partial charge in [-0.1, -0.05) is 29.3 Å². The molecular weight excluding hydrogens is 299 g/mol. The van der Waals surface area contributed by atoms with Gasteiger partial charge in [0, 0.05) is 19.5 Å². The van der Waals surface area contributed by atoms with Crippen LogP contribution in [0.3, 0.4) is 0 Å². The maximum Gasteiger partial charge on any atom is 0.225 e. The van der Waals surface area contributed by atoms with Gasteiger partial charge >= 0.3 is 0 Å². The molecular formula is C14H20Cl2N2O2. The van der Waals surface area contributed by atoms with E-state index in [0.717, 1.165) is 0 Å². The van der Waals surface area contributed by atoms with Crippen LogP contribution in [0.5, 0.6) is 0 Å². The zero-order valence-electron chi connectivity index (χ0n) is 11.9. The van der Waals surface area contributed by atoms with Gasteiger partial charge in [-0.2, -0.15) is 0 Å². The van der Waals surface area contributed by atoms with Crippen LogP contribution in [0.4, 0.5) is 5.69 Å². The van der Waals surface area contributed by atoms with E-state index in [0.29, 0.717) is 35.2 Å². The average Bonchev–Trinajstić information content (AvgIpc) is 2.29. The predicted octanol–water partition coefficient (Wildman–Crippen LogP) is 3.02. The number of nitrogens with zero attached hydrogens (tertiary/aromatic N) is 1. The van der Waals surface area contributed by atoms with Crippen LogP contribution in [0.15, 0.2) is 18.2 Å². The summed E-state index contributed by atoms with van der Waals surface area (Å²) in [5, 5.41) is 13.2. The number of anilines is 1. The Morgan fingerprint density at radius 3 is 2.40 bits per heavy atom. The van der Waals surface area contributed by atoms with Crippen molar-refractivity contribution in [1.82, 2.24) is 4.90 Å². The van der Waals surface area contributed by atoms with Crippen LogP contribution in [0.2, 0.25) is 10.0 Å². The highest BCUT2D eigenvalue weighted by Crippen LogP contribution is 2.29. The van der Waals surface area contributed by atoms with Crippen LogP contribution in [0.25, 0.3) is 0 Å². The topological polar surface area (TPSA) is 52.6 Å². The van der Waals surface area contributed by atoms with Gasteiger partial charge < -0.3 is 15.3 Å². The van der Waals surface area contributed by atoms with E-state index in [-0.39, 0.29) is 5.91 Å². The Morgan fingerprint density at radius 2 is 1.90 bits per heavy atom. The van der Waals surface area contributed by atoms with Crippen LogP contribution in [-0.4, -0.2) is 41.7 Å². The van der Waals surface area contributed by atoms with Crippen molar-refractivity contribution in [3.05, 3.63) is 28.2 Å². The fraction of sp³-hybridized carbons (Fsp3) is 0.500. The lowest BCUT2D eigenvalue weighted by Crippen LogP contribution is -2.37. The van der Waals surface area contributed by atoms with Gasteiger partial charge in [0.2, 0.25) is 5.91 Å². The largest absolute Gasteiger partial charge is 0.389 e. The Balaban J connectivity index is 2.49. The fourth-order valence-corrected chi connectivity index (χ4v) is 2.34. The molecule has 1 rings (SSSR count). The van der Waals surface area contributed by atoms with Crippen molar-refractivity contribution in [2.45, 2.75) is 25.9 Å². The molecule has 0 saturated heterocycles. The average molecular weight is 319 g/mol. The number of rotatable bonds is 6. The third-order valence-electron chi connectivity index (χ3n) is 2.60. The molecule has 0 heterocycles. The van der Waals surface area contributed by atoms with Crippen LogP contribution >= 0.6 is 23.2 Å². The number of nitrogens with one attached hydrogen (secondary N) is 1. The lowest BCUT2D eigenvalue weighted by molar-refractivity contribution is -0.116. The number of para-hydroxylation sites is 1. The molecule has 1 amide bonds. The van der Waals surface area contributed by atoms with E-state index in [2.05, 4.69) is 5.32 Å². The number of amides is 1. The number of carbonyl (C=O) groups is 1. The zero-order valence-corrected chi connectivity index (χ0v) is 13.4. The van der Waals surface area contributed by atoms with Crippen LogP contribution in [-0.2, 0) is 4.79 Å². The minimum absolute atomic E-state index is 0.164. The molecule has 0 saturated carbocycles. The summed E-state index contributed by atoms with van der Waals surface area (Å²) >= 11 is 12.0. The number of aliphatic hydroxyl groups is 1. The molecule has 0 atom stereocenters. The molecule has 20 heavy (non-hydrogen) atoms. The summed E-state index contributed by atoms with van der Waals surface area (Å²) in [4.78, 5) is 13.8. The highest BCUT2D eigenvalue weighted by atomic mass is 35.5. The van der Waals surface area contributed by atoms with E-state index in [1.54, 1.807) is 32.0 Å². The molecule has 0 fully saturated rings. The van der Waals surface area contributed by atoms with E-state index in [9.17, 15) is 9.90 Å². The summed E-state index contributed by atoms with van der Waals surface area (Å²) in [7, 11) is 1.85. The lowest BCUT2D eigenvalue weighted by Gasteiger charge is -2.25. The van der Waals surface area contributed by atoms with Crippen LogP contribution < -0.4 is 5.32 Å². The van der Waals surface area contributed by atoms with Crippen molar-refractivity contribution in [1.29, 1.82) is 0 Å². The summed E-state index contributed by atoms with van der Waals surface area (Å²) in [6.45, 7) is 4.49. The maximum atomic E-state index is 11.9. The van der Waals surface area contributed by atoms with Gasteiger partial charge in [0.25, 0.3) is 0 Å². The lowest BCUT2D eigenvalue weighted by atomic mass is 10.1. The number of hydrogen-bond donors (Lipinski definition) is 2. The molecule has 6 heteroatoms. The van der Waals surface area contributed by atoms with E-state index < -0.39 is 5.60 Å². The van der Waals surface area contributed by atoms with Gasteiger partial charge in [-0.25, -0.2) is 0 Å². The normalized spacial score (nSPS) is 11.8. The smallest absolute Gasteiger partial charge is 0.225 e. The highest BCUT2D eigenvalue weighted by Gasteiger charge is 2.16. The third kappa shape index (κ3) is 6.09. The molecule has 0 aliphatic rings. The van der Waals surface area contributed by atoms with Gasteiger partial charge in [0.05, 0.1) is 21.3 Å². The Hall–Kier alpha value is -0.810. The van der Waals surface area contributed by atoms with Gasteiger partial charge in [-0.05, 0) is 33.0 Å². The SMILES string of the molecule is CN(CCC(=O)Nc1c(Cl)cccc1Cl)CC(C)(C)O. The standard InChI is InChI=1S/C14H20Cl2N2O2/c1-14(2,20)9-18(3)8-7-12(19)17-13-10(15)5-4-6-11(13)16/h4-6,20H,7-9H2,1-3H3,(H,17,19). The Kier molecular flexibility index (Phi) is 6.27. The Morgan fingerprint density at radius 1 is 1.35 bits per heavy atom. The third-order valence-corrected chi connectivity index (χ3v) is 3.23. The first-order valence-corrected chi connectivity index (χ1v) is 7.09. The molecule has 0 aliphatic heterocycles. The van der Waals surface area contributed by atoms with Crippen molar-refractivity contribution in [3.8, 4) is 0 Å². The molecule has 0 spiro atoms. The molecule has 1 aromatic rings. The fourth-order valence-electron chi connectivity index (χ4n) is 1.85. The van der Waals surface area contributed by atoms with E-state index in [4.69, 9.17) is 23.2 Å². The van der Waals surface area contributed by atoms with Crippen LogP contribution in [0.1, 0.15) is 20.3 Å². The second-order valence-electron chi connectivity index (χ2n) is 5.45. The summed E-state index contributed by atoms with van der Waals surface area (Å²) in [5.74, 6) is -0.164. The van der Waals surface area contributed by atoms with Crippen molar-refractivity contribution >= 4 is 34.8 Å². The molecule has 0 unspecified atom stereocenters. The predicted molar refractivity (Wildman–Crippen MR) is 83.5 cm³/mol. The number of carbonyl (C=O) groups excluding carboxylic acids is 1. The second-order valence-corrected chi connectivity index (χ2v) is 6.26. The van der Waals surface area contributed by atoms with Gasteiger partial charge in [-0.15, -0.1) is 0 Å². The second kappa shape index (κ2) is 7.27. The summed E-state index contributed by atoms with van der Waals surface area (Å²) in [6, 6.07) is 5.06. The van der Waals surface area contributed by atoms with E-state index >= 15 is 0 Å². The monoisotopic (exact) mass is 318 g/mol. The molecule has 4 nitrogen and oxygen atoms in total. The minimum atomic E-state index is -0.780. The maximum absolute atomic E-state index is 11.9. The first kappa shape index (κ1) is 17.2. The van der Waals surface area contributed by atoms with Crippen molar-refractivity contribution in [2.75, 3.05) is 25.5 Å². The summed E-state index contributed by atoms with van der Waals surface area (Å²) in [6.07, 6.45) is 0.300. The van der Waals surface area contributed by atoms with Crippen molar-refractivity contribution in [2.24, 2.45) is 0 Å². The van der Waals surface area contributed by atoms with E-state index in [1.807, 2.05) is 11.9 Å². The van der Waals surface area contributed by atoms with Crippen molar-refractivity contribution in [3.63, 3.8) is 0 Å². The van der Waals surface area contributed by atoms with Gasteiger partial charge in [0.1, 0.15) is 0 Å². The highest BCUT2D eigenvalue weighted by molar-refractivity contribution is 6.39. The van der Waals surface area contributed by atoms with Crippen LogP contribution in [0, 0.1) is 0 Å². The van der Waals surface area contributed by atoms with Gasteiger partial charge in [0.15, 0.2) is 0 Å². The van der Waals surface area contributed by atoms with Gasteiger partial charge in [-0.3, -0.25) is 4.79 Å². The molecule has 0 aliphatic carbocycles. The molecule has 1 aromatic carbocycles. The quantitative estimate of drug-likeness (QED) is 0.847. The first-order valence-electron chi connectivity index (χ1n) is 6.34. The molecule has 2 N–H and O–H groups in total. The Bertz CT molecular complexity index is 452. The molecule has 112 valence electrons. The molecule has 0 radical (unpaired) electrons. The Labute approximate surface area is 129 Å². The number of likely N-dealkylation sites (N-methyl/N-ethyl adjacent to an activating group) is 1. The van der Waals surface area contributed by atoms with Crippen molar-refractivity contribution < 1.29 is 9.90 Å². The zero-order chi connectivity index (χ0) is 15.3. The minimum Gasteiger partial charge on any atom is -0.389 e. The molecule has 0 bridgehead atoms. The summed E-state index contributed by atoms with van der Waals surface area (Å²) in [5.41, 5.74) is -0.344. The number of hydrogen-bond acceptors (Lipinski definition) is 3. The first-order chi connectivity index (χ1) is 9.19. The van der Waals surface area contributed by atoms with E-state index in [1.165, 1.54) is 0 Å². The summed E-state index contributed by atoms with van der Waals surface area (Å²) < 4.78 is 0. The molecule has 0 aromatic heterocycles. The number of halogens is 2. The number of benzene rings is 1.